The van der Waals surface area contributed by atoms with Gasteiger partial charge in [0.15, 0.2) is 0 Å². The third kappa shape index (κ3) is 5.59. The van der Waals surface area contributed by atoms with E-state index >= 15 is 0 Å². The Hall–Kier alpha value is -3.30. The first-order chi connectivity index (χ1) is 13.2. The number of hydrogen-bond acceptors (Lipinski definition) is 4. The number of nitrogens with zero attached hydrogens (tertiary/aromatic N) is 2. The SMILES string of the molecule is N#C/C(=C\N1CC[NH+](/C=C/c2ccccc2)CC1)C(=O)NCc1ccco1. The van der Waals surface area contributed by atoms with Crippen LogP contribution in [0.2, 0.25) is 0 Å². The number of nitrogens with one attached hydrogen (secondary N) is 2. The van der Waals surface area contributed by atoms with Crippen LogP contribution in [0.4, 0.5) is 0 Å². The highest BCUT2D eigenvalue weighted by Crippen LogP contribution is 2.03. The molecule has 0 unspecified atom stereocenters. The highest BCUT2D eigenvalue weighted by Gasteiger charge is 2.18. The lowest BCUT2D eigenvalue weighted by atomic mass is 10.2. The Morgan fingerprint density at radius 3 is 2.67 bits per heavy atom. The van der Waals surface area contributed by atoms with E-state index in [1.165, 1.54) is 10.5 Å². The number of rotatable bonds is 6. The van der Waals surface area contributed by atoms with Gasteiger partial charge in [0.05, 0.1) is 45.2 Å². The fraction of sp³-hybridized carbons (Fsp3) is 0.238. The second kappa shape index (κ2) is 9.41. The largest absolute Gasteiger partial charge is 0.467 e. The fourth-order valence-corrected chi connectivity index (χ4v) is 2.88. The zero-order valence-electron chi connectivity index (χ0n) is 15.1. The smallest absolute Gasteiger partial charge is 0.263 e. The fourth-order valence-electron chi connectivity index (χ4n) is 2.88. The van der Waals surface area contributed by atoms with Crippen molar-refractivity contribution < 1.29 is 14.1 Å². The molecule has 2 N–H and O–H groups in total. The summed E-state index contributed by atoms with van der Waals surface area (Å²) >= 11 is 0. The first kappa shape index (κ1) is 18.5. The van der Waals surface area contributed by atoms with E-state index in [-0.39, 0.29) is 18.0 Å². The minimum atomic E-state index is -0.382. The van der Waals surface area contributed by atoms with Gasteiger partial charge in [-0.15, -0.1) is 0 Å². The van der Waals surface area contributed by atoms with E-state index in [9.17, 15) is 10.1 Å². The molecule has 3 rings (SSSR count). The van der Waals surface area contributed by atoms with Crippen LogP contribution in [0.15, 0.2) is 71.1 Å². The van der Waals surface area contributed by atoms with Crippen LogP contribution in [0, 0.1) is 11.3 Å². The maximum Gasteiger partial charge on any atom is 0.263 e. The van der Waals surface area contributed by atoms with Gasteiger partial charge in [-0.05, 0) is 23.8 Å². The van der Waals surface area contributed by atoms with E-state index in [1.54, 1.807) is 24.6 Å². The Bertz CT molecular complexity index is 827. The molecule has 0 spiro atoms. The predicted octanol–water partition coefficient (Wildman–Crippen LogP) is 1.17. The quantitative estimate of drug-likeness (QED) is 0.597. The second-order valence-corrected chi connectivity index (χ2v) is 6.35. The Morgan fingerprint density at radius 1 is 1.22 bits per heavy atom. The van der Waals surface area contributed by atoms with Crippen molar-refractivity contribution in [2.75, 3.05) is 26.2 Å². The van der Waals surface area contributed by atoms with Crippen LogP contribution in [-0.2, 0) is 11.3 Å². The van der Waals surface area contributed by atoms with Crippen molar-refractivity contribution in [2.24, 2.45) is 0 Å². The lowest BCUT2D eigenvalue weighted by Gasteiger charge is -2.29. The zero-order valence-corrected chi connectivity index (χ0v) is 15.1. The summed E-state index contributed by atoms with van der Waals surface area (Å²) in [5.41, 5.74) is 1.30. The van der Waals surface area contributed by atoms with Gasteiger partial charge in [-0.25, -0.2) is 0 Å². The van der Waals surface area contributed by atoms with Crippen LogP contribution in [0.3, 0.4) is 0 Å². The summed E-state index contributed by atoms with van der Waals surface area (Å²) in [6, 6.07) is 15.7. The molecule has 1 fully saturated rings. The average Bonchev–Trinajstić information content (AvgIpc) is 3.24. The van der Waals surface area contributed by atoms with E-state index in [1.807, 2.05) is 29.2 Å². The monoisotopic (exact) mass is 363 g/mol. The average molecular weight is 363 g/mol. The minimum absolute atomic E-state index is 0.116. The van der Waals surface area contributed by atoms with Gasteiger partial charge >= 0.3 is 0 Å². The van der Waals surface area contributed by atoms with Crippen molar-refractivity contribution in [1.29, 1.82) is 5.26 Å². The summed E-state index contributed by atoms with van der Waals surface area (Å²) in [7, 11) is 0. The second-order valence-electron chi connectivity index (χ2n) is 6.35. The van der Waals surface area contributed by atoms with Gasteiger partial charge in [0, 0.05) is 6.20 Å². The zero-order chi connectivity index (χ0) is 18.9. The number of benzene rings is 1. The Labute approximate surface area is 159 Å². The number of carbonyl (C=O) groups excluding carboxylic acids is 1. The number of furan rings is 1. The summed E-state index contributed by atoms with van der Waals surface area (Å²) in [5.74, 6) is 0.274. The third-order valence-corrected chi connectivity index (χ3v) is 4.43. The van der Waals surface area contributed by atoms with E-state index in [4.69, 9.17) is 4.42 Å². The molecule has 6 nitrogen and oxygen atoms in total. The maximum atomic E-state index is 12.2. The van der Waals surface area contributed by atoms with Gasteiger partial charge in [0.25, 0.3) is 5.91 Å². The standard InChI is InChI=1S/C21H22N4O2/c22-15-19(21(26)23-16-20-7-4-14-27-20)17-25-12-10-24(11-13-25)9-8-18-5-2-1-3-6-18/h1-9,14,17H,10-13,16H2,(H,23,26)/p+1/b9-8+,19-17+. The molecule has 6 heteroatoms. The third-order valence-electron chi connectivity index (χ3n) is 4.43. The molecule has 1 aliphatic rings. The molecule has 2 aromatic rings. The molecule has 0 aliphatic carbocycles. The molecule has 0 atom stereocenters. The molecule has 0 bridgehead atoms. The number of nitriles is 1. The number of quaternary nitrogens is 1. The first-order valence-electron chi connectivity index (χ1n) is 8.99. The topological polar surface area (TPSA) is 73.7 Å². The van der Waals surface area contributed by atoms with Gasteiger partial charge < -0.3 is 19.5 Å². The summed E-state index contributed by atoms with van der Waals surface area (Å²) in [6.07, 6.45) is 7.52. The Kier molecular flexibility index (Phi) is 6.45. The Balaban J connectivity index is 1.49. The van der Waals surface area contributed by atoms with Crippen molar-refractivity contribution in [3.05, 3.63) is 78.0 Å². The molecule has 1 aliphatic heterocycles. The van der Waals surface area contributed by atoms with Gasteiger partial charge in [-0.2, -0.15) is 5.26 Å². The van der Waals surface area contributed by atoms with Crippen LogP contribution in [0.5, 0.6) is 0 Å². The summed E-state index contributed by atoms with van der Waals surface area (Å²) in [6.45, 7) is 3.71. The maximum absolute atomic E-state index is 12.2. The highest BCUT2D eigenvalue weighted by molar-refractivity contribution is 5.97. The van der Waals surface area contributed by atoms with Gasteiger partial charge in [-0.1, -0.05) is 30.3 Å². The molecule has 1 aromatic carbocycles. The molecule has 1 aromatic heterocycles. The molecular weight excluding hydrogens is 340 g/mol. The van der Waals surface area contributed by atoms with Crippen LogP contribution >= 0.6 is 0 Å². The number of piperazine rings is 1. The number of hydrogen-bond donors (Lipinski definition) is 2. The normalized spacial score (nSPS) is 15.7. The van der Waals surface area contributed by atoms with Gasteiger partial charge in [-0.3, -0.25) is 4.79 Å². The van der Waals surface area contributed by atoms with Crippen molar-refractivity contribution in [3.63, 3.8) is 0 Å². The number of amides is 1. The van der Waals surface area contributed by atoms with Crippen LogP contribution in [0.25, 0.3) is 6.08 Å². The van der Waals surface area contributed by atoms with Crippen molar-refractivity contribution >= 4 is 12.0 Å². The van der Waals surface area contributed by atoms with Crippen molar-refractivity contribution in [1.82, 2.24) is 10.2 Å². The lowest BCUT2D eigenvalue weighted by molar-refractivity contribution is -0.850. The molecule has 27 heavy (non-hydrogen) atoms. The van der Waals surface area contributed by atoms with Crippen LogP contribution in [-0.4, -0.2) is 37.0 Å². The number of carbonyl (C=O) groups is 1. The molecule has 1 amide bonds. The van der Waals surface area contributed by atoms with Crippen molar-refractivity contribution in [2.45, 2.75) is 6.54 Å². The van der Waals surface area contributed by atoms with E-state index in [2.05, 4.69) is 29.7 Å². The van der Waals surface area contributed by atoms with E-state index in [0.29, 0.717) is 5.76 Å². The van der Waals surface area contributed by atoms with Crippen LogP contribution in [0.1, 0.15) is 11.3 Å². The molecular formula is C21H23N4O2+. The highest BCUT2D eigenvalue weighted by atomic mass is 16.3. The van der Waals surface area contributed by atoms with Gasteiger partial charge in [0.2, 0.25) is 0 Å². The molecule has 0 saturated carbocycles. The van der Waals surface area contributed by atoms with E-state index < -0.39 is 0 Å². The van der Waals surface area contributed by atoms with Crippen molar-refractivity contribution in [3.8, 4) is 6.07 Å². The molecule has 0 radical (unpaired) electrons. The van der Waals surface area contributed by atoms with E-state index in [0.717, 1.165) is 26.2 Å². The molecule has 1 saturated heterocycles. The minimum Gasteiger partial charge on any atom is -0.467 e. The molecule has 138 valence electrons. The predicted molar refractivity (Wildman–Crippen MR) is 102 cm³/mol. The Morgan fingerprint density at radius 2 is 2.00 bits per heavy atom. The first-order valence-corrected chi connectivity index (χ1v) is 8.99. The summed E-state index contributed by atoms with van der Waals surface area (Å²) in [4.78, 5) is 15.6. The summed E-state index contributed by atoms with van der Waals surface area (Å²) < 4.78 is 5.18. The van der Waals surface area contributed by atoms with Gasteiger partial charge in [0.1, 0.15) is 17.4 Å². The summed E-state index contributed by atoms with van der Waals surface area (Å²) in [5, 5.41) is 12.0. The van der Waals surface area contributed by atoms with Crippen LogP contribution < -0.4 is 10.2 Å². The molecule has 2 heterocycles. The lowest BCUT2D eigenvalue weighted by Crippen LogP contribution is -3.10.